The fourth-order valence-electron chi connectivity index (χ4n) is 4.14. The van der Waals surface area contributed by atoms with Crippen LogP contribution in [0.15, 0.2) is 36.8 Å². The Balaban J connectivity index is 1.54. The zero-order valence-corrected chi connectivity index (χ0v) is 19.2. The third-order valence-corrected chi connectivity index (χ3v) is 5.95. The zero-order valence-electron chi connectivity index (χ0n) is 19.2. The zero-order chi connectivity index (χ0) is 23.4. The molecule has 1 N–H and O–H groups in total. The highest BCUT2D eigenvalue weighted by atomic mass is 16.5. The Hall–Kier alpha value is -3.80. The molecule has 4 rings (SSSR count). The van der Waals surface area contributed by atoms with Crippen LogP contribution >= 0.6 is 0 Å². The molecule has 1 amide bonds. The van der Waals surface area contributed by atoms with Gasteiger partial charge in [-0.15, -0.1) is 0 Å². The second-order valence-electron chi connectivity index (χ2n) is 8.28. The number of fused-ring (bicyclic) bond motifs is 1. The number of anilines is 1. The minimum absolute atomic E-state index is 0.288. The lowest BCUT2D eigenvalue weighted by atomic mass is 9.90. The van der Waals surface area contributed by atoms with E-state index in [4.69, 9.17) is 14.5 Å². The van der Waals surface area contributed by atoms with Crippen molar-refractivity contribution >= 4 is 17.4 Å². The molecule has 9 heteroatoms. The smallest absolute Gasteiger partial charge is 0.407 e. The van der Waals surface area contributed by atoms with E-state index in [2.05, 4.69) is 21.4 Å². The van der Waals surface area contributed by atoms with E-state index < -0.39 is 0 Å². The average molecular weight is 449 g/mol. The van der Waals surface area contributed by atoms with Gasteiger partial charge in [-0.2, -0.15) is 10.4 Å². The number of hydrogen-bond donors (Lipinski definition) is 1. The van der Waals surface area contributed by atoms with Gasteiger partial charge in [-0.05, 0) is 51.8 Å². The lowest BCUT2D eigenvalue weighted by Crippen LogP contribution is -2.53. The van der Waals surface area contributed by atoms with Gasteiger partial charge in [-0.1, -0.05) is 0 Å². The molecule has 3 aromatic rings. The van der Waals surface area contributed by atoms with Gasteiger partial charge in [0.15, 0.2) is 0 Å². The number of alkyl carbamates (subject to hydrolysis) is 1. The third-order valence-electron chi connectivity index (χ3n) is 5.95. The van der Waals surface area contributed by atoms with E-state index in [-0.39, 0.29) is 11.6 Å². The number of nitriles is 1. The van der Waals surface area contributed by atoms with Gasteiger partial charge >= 0.3 is 6.09 Å². The van der Waals surface area contributed by atoms with Crippen LogP contribution in [0.1, 0.15) is 39.2 Å². The first kappa shape index (κ1) is 22.4. The predicted octanol–water partition coefficient (Wildman–Crippen LogP) is 3.77. The van der Waals surface area contributed by atoms with Gasteiger partial charge in [0.25, 0.3) is 0 Å². The molecule has 33 heavy (non-hydrogen) atoms. The van der Waals surface area contributed by atoms with Crippen LogP contribution in [-0.4, -0.2) is 52.5 Å². The lowest BCUT2D eigenvalue weighted by Gasteiger charge is -2.40. The summed E-state index contributed by atoms with van der Waals surface area (Å²) >= 11 is 0. The number of amides is 1. The molecule has 0 aliphatic carbocycles. The molecular formula is C24H28N6O3. The van der Waals surface area contributed by atoms with Crippen molar-refractivity contribution in [1.82, 2.24) is 19.9 Å². The van der Waals surface area contributed by atoms with Crippen molar-refractivity contribution in [3.05, 3.63) is 42.4 Å². The standard InChI is InChI=1S/C24H28N6O3/c1-4-32-19-12-20(22-18(13-25)15-27-30(22)16-19)17-6-7-21(26-14-17)29-10-8-24(3,9-11-29)28-23(31)33-5-2/h6-7,12,14-16H,4-5,8-11H2,1-3H3,(H,28,31). The third kappa shape index (κ3) is 4.70. The van der Waals surface area contributed by atoms with E-state index in [1.54, 1.807) is 23.8 Å². The Morgan fingerprint density at radius 1 is 1.24 bits per heavy atom. The molecule has 0 atom stereocenters. The van der Waals surface area contributed by atoms with Gasteiger partial charge in [0.05, 0.1) is 36.7 Å². The van der Waals surface area contributed by atoms with Crippen LogP contribution in [0.4, 0.5) is 10.6 Å². The fourth-order valence-corrected chi connectivity index (χ4v) is 4.14. The van der Waals surface area contributed by atoms with Crippen LogP contribution in [-0.2, 0) is 4.74 Å². The van der Waals surface area contributed by atoms with Gasteiger partial charge in [-0.25, -0.2) is 14.3 Å². The largest absolute Gasteiger partial charge is 0.492 e. The van der Waals surface area contributed by atoms with E-state index in [9.17, 15) is 10.1 Å². The van der Waals surface area contributed by atoms with E-state index in [1.165, 1.54) is 0 Å². The summed E-state index contributed by atoms with van der Waals surface area (Å²) in [7, 11) is 0. The Kier molecular flexibility index (Phi) is 6.36. The van der Waals surface area contributed by atoms with Crippen LogP contribution in [0.5, 0.6) is 5.75 Å². The number of aromatic nitrogens is 3. The number of piperidine rings is 1. The Morgan fingerprint density at radius 3 is 2.67 bits per heavy atom. The van der Waals surface area contributed by atoms with Crippen molar-refractivity contribution in [3.8, 4) is 22.9 Å². The summed E-state index contributed by atoms with van der Waals surface area (Å²) in [4.78, 5) is 18.7. The number of carbonyl (C=O) groups excluding carboxylic acids is 1. The molecule has 0 bridgehead atoms. The minimum atomic E-state index is -0.367. The fraction of sp³-hybridized carbons (Fsp3) is 0.417. The van der Waals surface area contributed by atoms with Crippen molar-refractivity contribution in [2.45, 2.75) is 39.2 Å². The monoisotopic (exact) mass is 448 g/mol. The number of carbonyl (C=O) groups is 1. The van der Waals surface area contributed by atoms with Crippen molar-refractivity contribution < 1.29 is 14.3 Å². The number of nitrogens with zero attached hydrogens (tertiary/aromatic N) is 5. The van der Waals surface area contributed by atoms with Crippen LogP contribution in [0.3, 0.4) is 0 Å². The number of nitrogens with one attached hydrogen (secondary N) is 1. The van der Waals surface area contributed by atoms with E-state index >= 15 is 0 Å². The molecule has 9 nitrogen and oxygen atoms in total. The van der Waals surface area contributed by atoms with E-state index in [1.807, 2.05) is 38.2 Å². The molecule has 1 aliphatic heterocycles. The maximum absolute atomic E-state index is 11.8. The van der Waals surface area contributed by atoms with Gasteiger partial charge in [-0.3, -0.25) is 0 Å². The molecule has 1 fully saturated rings. The van der Waals surface area contributed by atoms with Crippen LogP contribution in [0.2, 0.25) is 0 Å². The summed E-state index contributed by atoms with van der Waals surface area (Å²) in [5.74, 6) is 1.56. The van der Waals surface area contributed by atoms with Crippen LogP contribution in [0, 0.1) is 11.3 Å². The van der Waals surface area contributed by atoms with Crippen LogP contribution < -0.4 is 15.0 Å². The van der Waals surface area contributed by atoms with Gasteiger partial charge < -0.3 is 19.7 Å². The molecular weight excluding hydrogens is 420 g/mol. The van der Waals surface area contributed by atoms with Crippen LogP contribution in [0.25, 0.3) is 16.6 Å². The summed E-state index contributed by atoms with van der Waals surface area (Å²) in [6.07, 6.45) is 6.39. The predicted molar refractivity (Wildman–Crippen MR) is 124 cm³/mol. The summed E-state index contributed by atoms with van der Waals surface area (Å²) in [5.41, 5.74) is 2.67. The molecule has 0 radical (unpaired) electrons. The molecule has 0 aromatic carbocycles. The summed E-state index contributed by atoms with van der Waals surface area (Å²) in [6, 6.07) is 8.13. The number of hydrogen-bond acceptors (Lipinski definition) is 7. The Morgan fingerprint density at radius 2 is 2.03 bits per heavy atom. The molecule has 0 unspecified atom stereocenters. The normalized spacial score (nSPS) is 15.2. The van der Waals surface area contributed by atoms with Gasteiger partial charge in [0.2, 0.25) is 0 Å². The first-order valence-corrected chi connectivity index (χ1v) is 11.2. The maximum Gasteiger partial charge on any atom is 0.407 e. The number of pyridine rings is 2. The summed E-state index contributed by atoms with van der Waals surface area (Å²) < 4.78 is 12.4. The van der Waals surface area contributed by atoms with Crippen molar-refractivity contribution in [1.29, 1.82) is 5.26 Å². The van der Waals surface area contributed by atoms with Crippen molar-refractivity contribution in [2.24, 2.45) is 0 Å². The summed E-state index contributed by atoms with van der Waals surface area (Å²) in [5, 5.41) is 16.8. The number of ether oxygens (including phenoxy) is 2. The molecule has 0 spiro atoms. The maximum atomic E-state index is 11.8. The average Bonchev–Trinajstić information content (AvgIpc) is 3.22. The van der Waals surface area contributed by atoms with Gasteiger partial charge in [0, 0.05) is 36.0 Å². The SMILES string of the molecule is CCOC(=O)NC1(C)CCN(c2ccc(-c3cc(OCC)cn4ncc(C#N)c34)cn2)CC1. The lowest BCUT2D eigenvalue weighted by molar-refractivity contribution is 0.135. The summed E-state index contributed by atoms with van der Waals surface area (Å²) in [6.45, 7) is 8.22. The molecule has 4 heterocycles. The first-order chi connectivity index (χ1) is 16.0. The molecule has 1 saturated heterocycles. The Labute approximate surface area is 192 Å². The highest BCUT2D eigenvalue weighted by Crippen LogP contribution is 2.32. The second kappa shape index (κ2) is 9.36. The second-order valence-corrected chi connectivity index (χ2v) is 8.28. The molecule has 1 aliphatic rings. The molecule has 172 valence electrons. The first-order valence-electron chi connectivity index (χ1n) is 11.2. The quantitative estimate of drug-likeness (QED) is 0.612. The van der Waals surface area contributed by atoms with Gasteiger partial charge in [0.1, 0.15) is 17.6 Å². The van der Waals surface area contributed by atoms with Crippen molar-refractivity contribution in [3.63, 3.8) is 0 Å². The molecule has 0 saturated carbocycles. The number of rotatable bonds is 6. The highest BCUT2D eigenvalue weighted by molar-refractivity contribution is 5.85. The Bertz CT molecular complexity index is 1170. The van der Waals surface area contributed by atoms with E-state index in [0.29, 0.717) is 24.5 Å². The highest BCUT2D eigenvalue weighted by Gasteiger charge is 2.32. The minimum Gasteiger partial charge on any atom is -0.492 e. The topological polar surface area (TPSA) is 105 Å². The molecule has 3 aromatic heterocycles. The van der Waals surface area contributed by atoms with Crippen molar-refractivity contribution in [2.75, 3.05) is 31.2 Å². The van der Waals surface area contributed by atoms with E-state index in [0.717, 1.165) is 48.4 Å².